The molecule has 0 spiro atoms. The van der Waals surface area contributed by atoms with E-state index >= 15 is 0 Å². The van der Waals surface area contributed by atoms with Crippen molar-refractivity contribution in [1.82, 2.24) is 25.4 Å². The third-order valence-corrected chi connectivity index (χ3v) is 4.44. The third kappa shape index (κ3) is 7.57. The molecule has 0 atom stereocenters. The lowest BCUT2D eigenvalue weighted by Gasteiger charge is -2.15. The summed E-state index contributed by atoms with van der Waals surface area (Å²) in [5.41, 5.74) is 1.40. The topological polar surface area (TPSA) is 76.4 Å². The maximum absolute atomic E-state index is 12.6. The summed E-state index contributed by atoms with van der Waals surface area (Å²) in [6, 6.07) is 5.15. The number of halogens is 3. The zero-order valence-electron chi connectivity index (χ0n) is 17.8. The maximum atomic E-state index is 12.6. The van der Waals surface area contributed by atoms with Gasteiger partial charge in [0.15, 0.2) is 18.4 Å². The molecule has 0 saturated heterocycles. The minimum atomic E-state index is -4.40. The minimum absolute atomic E-state index is 0.173. The van der Waals surface area contributed by atoms with Gasteiger partial charge in [-0.25, -0.2) is 4.99 Å². The van der Waals surface area contributed by atoms with Crippen molar-refractivity contribution in [2.24, 2.45) is 12.0 Å². The van der Waals surface area contributed by atoms with Crippen molar-refractivity contribution in [3.05, 3.63) is 41.0 Å². The maximum Gasteiger partial charge on any atom is 0.422 e. The lowest BCUT2D eigenvalue weighted by Crippen LogP contribution is -2.38. The molecule has 0 fully saturated rings. The molecule has 0 radical (unpaired) electrons. The number of aliphatic imine (C=N–C) groups is 1. The van der Waals surface area contributed by atoms with Crippen LogP contribution in [0, 0.1) is 13.8 Å². The van der Waals surface area contributed by atoms with Crippen molar-refractivity contribution < 1.29 is 17.9 Å². The molecule has 0 aliphatic rings. The fraction of sp³-hybridized carbons (Fsp3) is 0.550. The van der Waals surface area contributed by atoms with Crippen molar-refractivity contribution >= 4 is 5.96 Å². The summed E-state index contributed by atoms with van der Waals surface area (Å²) in [4.78, 5) is 4.53. The highest BCUT2D eigenvalue weighted by Crippen LogP contribution is 2.24. The summed E-state index contributed by atoms with van der Waals surface area (Å²) < 4.78 is 44.6. The van der Waals surface area contributed by atoms with E-state index in [4.69, 9.17) is 4.74 Å². The molecule has 1 heterocycles. The molecule has 166 valence electrons. The van der Waals surface area contributed by atoms with Gasteiger partial charge in [-0.05, 0) is 31.9 Å². The normalized spacial score (nSPS) is 12.2. The number of benzene rings is 1. The van der Waals surface area contributed by atoms with Gasteiger partial charge < -0.3 is 19.9 Å². The summed E-state index contributed by atoms with van der Waals surface area (Å²) >= 11 is 0. The molecule has 0 unspecified atom stereocenters. The average Bonchev–Trinajstić information content (AvgIpc) is 3.00. The summed E-state index contributed by atoms with van der Waals surface area (Å²) in [5.74, 6) is 2.29. The van der Waals surface area contributed by atoms with Gasteiger partial charge in [-0.15, -0.1) is 10.2 Å². The van der Waals surface area contributed by atoms with Crippen LogP contribution in [0.4, 0.5) is 13.2 Å². The Kier molecular flexibility index (Phi) is 8.49. The largest absolute Gasteiger partial charge is 0.484 e. The van der Waals surface area contributed by atoms with Crippen molar-refractivity contribution in [1.29, 1.82) is 0 Å². The lowest BCUT2D eigenvalue weighted by atomic mass is 10.1. The number of aryl methyl sites for hydroxylation is 2. The fourth-order valence-corrected chi connectivity index (χ4v) is 2.58. The van der Waals surface area contributed by atoms with Crippen LogP contribution in [0.25, 0.3) is 0 Å². The Hall–Kier alpha value is -2.78. The van der Waals surface area contributed by atoms with E-state index in [1.54, 1.807) is 19.1 Å². The standard InChI is InChI=1S/C20H29F3N6O/c1-5-6-9-24-19(26-12-18-28-27-15(3)29(18)4)25-11-16-8-7-14(2)10-17(16)30-13-20(21,22)23/h7-8,10H,5-6,9,11-13H2,1-4H3,(H2,24,25,26). The zero-order valence-corrected chi connectivity index (χ0v) is 17.8. The molecule has 1 aromatic carbocycles. The van der Waals surface area contributed by atoms with Crippen LogP contribution in [0.5, 0.6) is 5.75 Å². The number of hydrogen-bond donors (Lipinski definition) is 2. The van der Waals surface area contributed by atoms with E-state index in [1.165, 1.54) is 0 Å². The van der Waals surface area contributed by atoms with E-state index < -0.39 is 12.8 Å². The first kappa shape index (κ1) is 23.5. The molecule has 0 aliphatic heterocycles. The molecule has 2 N–H and O–H groups in total. The van der Waals surface area contributed by atoms with Gasteiger partial charge in [0.25, 0.3) is 0 Å². The number of hydrogen-bond acceptors (Lipinski definition) is 4. The predicted octanol–water partition coefficient (Wildman–Crippen LogP) is 3.41. The molecule has 0 saturated carbocycles. The number of nitrogens with one attached hydrogen (secondary N) is 2. The molecule has 0 amide bonds. The highest BCUT2D eigenvalue weighted by Gasteiger charge is 2.28. The Morgan fingerprint density at radius 3 is 2.60 bits per heavy atom. The van der Waals surface area contributed by atoms with Gasteiger partial charge in [-0.3, -0.25) is 0 Å². The first-order chi connectivity index (χ1) is 14.2. The summed E-state index contributed by atoms with van der Waals surface area (Å²) in [6.07, 6.45) is -2.41. The van der Waals surface area contributed by atoms with E-state index in [1.807, 2.05) is 24.6 Å². The van der Waals surface area contributed by atoms with Crippen molar-refractivity contribution in [3.63, 3.8) is 0 Å². The fourth-order valence-electron chi connectivity index (χ4n) is 2.58. The monoisotopic (exact) mass is 426 g/mol. The van der Waals surface area contributed by atoms with Crippen LogP contribution in [-0.4, -0.2) is 40.1 Å². The second-order valence-electron chi connectivity index (χ2n) is 7.04. The predicted molar refractivity (Wildman–Crippen MR) is 109 cm³/mol. The van der Waals surface area contributed by atoms with Crippen LogP contribution in [-0.2, 0) is 20.1 Å². The third-order valence-electron chi connectivity index (χ3n) is 4.44. The van der Waals surface area contributed by atoms with Crippen LogP contribution >= 0.6 is 0 Å². The molecule has 0 bridgehead atoms. The molecule has 10 heteroatoms. The van der Waals surface area contributed by atoms with Gasteiger partial charge in [-0.1, -0.05) is 25.5 Å². The molecule has 2 rings (SSSR count). The van der Waals surface area contributed by atoms with Crippen LogP contribution in [0.1, 0.15) is 42.5 Å². The molecule has 0 aliphatic carbocycles. The van der Waals surface area contributed by atoms with E-state index in [2.05, 4.69) is 32.7 Å². The number of rotatable bonds is 9. The van der Waals surface area contributed by atoms with Crippen molar-refractivity contribution in [2.45, 2.75) is 52.9 Å². The van der Waals surface area contributed by atoms with E-state index in [9.17, 15) is 13.2 Å². The van der Waals surface area contributed by atoms with Gasteiger partial charge in [0.1, 0.15) is 11.6 Å². The minimum Gasteiger partial charge on any atom is -0.484 e. The lowest BCUT2D eigenvalue weighted by molar-refractivity contribution is -0.153. The van der Waals surface area contributed by atoms with Crippen molar-refractivity contribution in [2.75, 3.05) is 13.2 Å². The summed E-state index contributed by atoms with van der Waals surface area (Å²) in [5, 5.41) is 14.6. The summed E-state index contributed by atoms with van der Waals surface area (Å²) in [7, 11) is 1.88. The van der Waals surface area contributed by atoms with Crippen molar-refractivity contribution in [3.8, 4) is 5.75 Å². The molecule has 1 aromatic heterocycles. The second-order valence-corrected chi connectivity index (χ2v) is 7.04. The summed E-state index contributed by atoms with van der Waals surface area (Å²) in [6.45, 7) is 5.74. The van der Waals surface area contributed by atoms with E-state index in [0.29, 0.717) is 18.1 Å². The van der Waals surface area contributed by atoms with Crippen LogP contribution in [0.2, 0.25) is 0 Å². The average molecular weight is 426 g/mol. The van der Waals surface area contributed by atoms with Gasteiger partial charge >= 0.3 is 6.18 Å². The number of aromatic nitrogens is 3. The van der Waals surface area contributed by atoms with Crippen LogP contribution in [0.3, 0.4) is 0 Å². The molecule has 2 aromatic rings. The highest BCUT2D eigenvalue weighted by atomic mass is 19.4. The van der Waals surface area contributed by atoms with E-state index in [-0.39, 0.29) is 12.3 Å². The number of guanidine groups is 1. The Labute approximate surface area is 174 Å². The molecular weight excluding hydrogens is 397 g/mol. The van der Waals surface area contributed by atoms with Crippen LogP contribution in [0.15, 0.2) is 23.2 Å². The molecule has 30 heavy (non-hydrogen) atoms. The van der Waals surface area contributed by atoms with E-state index in [0.717, 1.165) is 36.6 Å². The second kappa shape index (κ2) is 10.8. The molecule has 7 nitrogen and oxygen atoms in total. The Bertz CT molecular complexity index is 848. The quantitative estimate of drug-likeness (QED) is 0.365. The zero-order chi connectivity index (χ0) is 22.1. The van der Waals surface area contributed by atoms with Crippen LogP contribution < -0.4 is 15.4 Å². The smallest absolute Gasteiger partial charge is 0.422 e. The first-order valence-corrected chi connectivity index (χ1v) is 9.85. The number of alkyl halides is 3. The number of unbranched alkanes of at least 4 members (excludes halogenated alkanes) is 1. The first-order valence-electron chi connectivity index (χ1n) is 9.85. The van der Waals surface area contributed by atoms with Gasteiger partial charge in [0.2, 0.25) is 0 Å². The van der Waals surface area contributed by atoms with Gasteiger partial charge in [0.05, 0.1) is 13.1 Å². The number of ether oxygens (including phenoxy) is 1. The molecular formula is C20H29F3N6O. The Morgan fingerprint density at radius 1 is 1.20 bits per heavy atom. The SMILES string of the molecule is CCCCNC(=NCc1ccc(C)cc1OCC(F)(F)F)NCc1nnc(C)n1C. The number of nitrogens with zero attached hydrogens (tertiary/aromatic N) is 4. The van der Waals surface area contributed by atoms with Gasteiger partial charge in [-0.2, -0.15) is 13.2 Å². The Morgan fingerprint density at radius 2 is 1.97 bits per heavy atom. The highest BCUT2D eigenvalue weighted by molar-refractivity contribution is 5.79. The van der Waals surface area contributed by atoms with Gasteiger partial charge in [0, 0.05) is 19.2 Å². The Balaban J connectivity index is 2.12.